The van der Waals surface area contributed by atoms with Crippen molar-refractivity contribution in [3.63, 3.8) is 0 Å². The average molecular weight is 391 g/mol. The molecule has 5 nitrogen and oxygen atoms in total. The number of fused-ring (bicyclic) bond motifs is 1. The van der Waals surface area contributed by atoms with Crippen molar-refractivity contribution in [1.82, 2.24) is 14.9 Å². The molecular formula is C22H21N3O2S. The molecule has 0 bridgehead atoms. The van der Waals surface area contributed by atoms with Crippen LogP contribution in [0.25, 0.3) is 10.2 Å². The smallest absolute Gasteiger partial charge is 0.268 e. The molecule has 1 amide bonds. The van der Waals surface area contributed by atoms with Gasteiger partial charge in [0, 0.05) is 16.6 Å². The van der Waals surface area contributed by atoms with Gasteiger partial charge < -0.3 is 14.6 Å². The molecule has 0 aliphatic heterocycles. The molecule has 142 valence electrons. The van der Waals surface area contributed by atoms with E-state index in [0.717, 1.165) is 27.2 Å². The number of pyridine rings is 1. The molecule has 0 saturated carbocycles. The summed E-state index contributed by atoms with van der Waals surface area (Å²) < 4.78 is 8.66. The van der Waals surface area contributed by atoms with Gasteiger partial charge in [-0.2, -0.15) is 0 Å². The second-order valence-electron chi connectivity index (χ2n) is 6.54. The number of amides is 1. The van der Waals surface area contributed by atoms with E-state index in [9.17, 15) is 4.79 Å². The van der Waals surface area contributed by atoms with Crippen LogP contribution in [0.1, 0.15) is 26.6 Å². The normalized spacial score (nSPS) is 10.9. The predicted molar refractivity (Wildman–Crippen MR) is 112 cm³/mol. The largest absolute Gasteiger partial charge is 0.496 e. The molecule has 3 aromatic heterocycles. The van der Waals surface area contributed by atoms with E-state index in [2.05, 4.69) is 27.9 Å². The summed E-state index contributed by atoms with van der Waals surface area (Å²) in [5, 5.41) is 2.99. The quantitative estimate of drug-likeness (QED) is 0.530. The van der Waals surface area contributed by atoms with E-state index in [-0.39, 0.29) is 5.91 Å². The Morgan fingerprint density at radius 1 is 1.18 bits per heavy atom. The summed E-state index contributed by atoms with van der Waals surface area (Å²) in [6.07, 6.45) is 1.73. The topological polar surface area (TPSA) is 56.1 Å². The molecule has 0 unspecified atom stereocenters. The zero-order valence-electron chi connectivity index (χ0n) is 15.8. The maximum atomic E-state index is 12.9. The first-order chi connectivity index (χ1) is 13.7. The number of nitrogens with one attached hydrogen (secondary N) is 1. The summed E-state index contributed by atoms with van der Waals surface area (Å²) in [4.78, 5) is 18.4. The number of methoxy groups -OCH3 is 1. The molecule has 28 heavy (non-hydrogen) atoms. The number of para-hydroxylation sites is 1. The van der Waals surface area contributed by atoms with Crippen LogP contribution in [0.4, 0.5) is 0 Å². The van der Waals surface area contributed by atoms with Crippen molar-refractivity contribution < 1.29 is 9.53 Å². The predicted octanol–water partition coefficient (Wildman–Crippen LogP) is 4.39. The molecule has 1 aromatic carbocycles. The van der Waals surface area contributed by atoms with Crippen LogP contribution >= 0.6 is 11.3 Å². The number of carbonyl (C=O) groups excluding carboxylic acids is 1. The monoisotopic (exact) mass is 391 g/mol. The Kier molecular flexibility index (Phi) is 5.12. The number of aromatic nitrogens is 2. The van der Waals surface area contributed by atoms with E-state index in [4.69, 9.17) is 4.74 Å². The second kappa shape index (κ2) is 7.86. The van der Waals surface area contributed by atoms with Gasteiger partial charge in [0.2, 0.25) is 0 Å². The highest BCUT2D eigenvalue weighted by atomic mass is 32.1. The van der Waals surface area contributed by atoms with Gasteiger partial charge in [-0.15, -0.1) is 11.3 Å². The average Bonchev–Trinajstić information content (AvgIpc) is 3.24. The zero-order chi connectivity index (χ0) is 19.5. The summed E-state index contributed by atoms with van der Waals surface area (Å²) in [5.41, 5.74) is 3.57. The second-order valence-corrected chi connectivity index (χ2v) is 7.83. The maximum absolute atomic E-state index is 12.9. The number of rotatable bonds is 6. The van der Waals surface area contributed by atoms with Crippen molar-refractivity contribution >= 4 is 27.5 Å². The summed E-state index contributed by atoms with van der Waals surface area (Å²) in [5.74, 6) is 0.706. The lowest BCUT2D eigenvalue weighted by Crippen LogP contribution is -2.26. The van der Waals surface area contributed by atoms with Gasteiger partial charge in [-0.3, -0.25) is 9.78 Å². The van der Waals surface area contributed by atoms with Crippen LogP contribution < -0.4 is 10.1 Å². The van der Waals surface area contributed by atoms with E-state index in [1.807, 2.05) is 48.5 Å². The van der Waals surface area contributed by atoms with Gasteiger partial charge >= 0.3 is 0 Å². The van der Waals surface area contributed by atoms with Crippen molar-refractivity contribution in [3.8, 4) is 5.75 Å². The summed E-state index contributed by atoms with van der Waals surface area (Å²) in [6, 6.07) is 17.7. The van der Waals surface area contributed by atoms with Crippen LogP contribution in [0.3, 0.4) is 0 Å². The highest BCUT2D eigenvalue weighted by Crippen LogP contribution is 2.30. The lowest BCUT2D eigenvalue weighted by atomic mass is 10.2. The number of ether oxygens (including phenoxy) is 1. The van der Waals surface area contributed by atoms with Crippen molar-refractivity contribution in [2.75, 3.05) is 7.11 Å². The molecule has 1 N–H and O–H groups in total. The first-order valence-electron chi connectivity index (χ1n) is 9.05. The van der Waals surface area contributed by atoms with Gasteiger partial charge in [0.15, 0.2) is 0 Å². The molecule has 0 aliphatic rings. The Balaban J connectivity index is 1.67. The van der Waals surface area contributed by atoms with E-state index in [1.54, 1.807) is 24.6 Å². The lowest BCUT2D eigenvalue weighted by molar-refractivity contribution is 0.0942. The fraction of sp³-hybridized carbons (Fsp3) is 0.182. The van der Waals surface area contributed by atoms with Crippen LogP contribution in [-0.4, -0.2) is 22.6 Å². The van der Waals surface area contributed by atoms with Crippen molar-refractivity contribution in [2.24, 2.45) is 0 Å². The summed E-state index contributed by atoms with van der Waals surface area (Å²) >= 11 is 1.70. The molecule has 0 spiro atoms. The third-order valence-electron chi connectivity index (χ3n) is 4.62. The van der Waals surface area contributed by atoms with Gasteiger partial charge in [0.05, 0.1) is 36.1 Å². The van der Waals surface area contributed by atoms with E-state index >= 15 is 0 Å². The summed E-state index contributed by atoms with van der Waals surface area (Å²) in [6.45, 7) is 3.04. The molecule has 0 saturated heterocycles. The fourth-order valence-electron chi connectivity index (χ4n) is 3.29. The molecule has 4 rings (SSSR count). The number of nitrogens with zero attached hydrogens (tertiary/aromatic N) is 2. The van der Waals surface area contributed by atoms with Crippen LogP contribution in [-0.2, 0) is 13.1 Å². The van der Waals surface area contributed by atoms with Crippen molar-refractivity contribution in [3.05, 3.63) is 82.6 Å². The molecule has 0 aliphatic carbocycles. The van der Waals surface area contributed by atoms with Crippen molar-refractivity contribution in [1.29, 1.82) is 0 Å². The Labute approximate surface area is 167 Å². The Hall–Kier alpha value is -3.12. The highest BCUT2D eigenvalue weighted by molar-refractivity contribution is 7.19. The number of benzene rings is 1. The Morgan fingerprint density at radius 3 is 2.79 bits per heavy atom. The van der Waals surface area contributed by atoms with Crippen LogP contribution in [0.2, 0.25) is 0 Å². The highest BCUT2D eigenvalue weighted by Gasteiger charge is 2.18. The minimum atomic E-state index is -0.110. The lowest BCUT2D eigenvalue weighted by Gasteiger charge is -2.13. The molecule has 6 heteroatoms. The third-order valence-corrected chi connectivity index (χ3v) is 5.61. The number of aryl methyl sites for hydroxylation is 1. The molecule has 0 radical (unpaired) electrons. The van der Waals surface area contributed by atoms with Gasteiger partial charge in [-0.05, 0) is 37.3 Å². The molecular weight excluding hydrogens is 370 g/mol. The van der Waals surface area contributed by atoms with Crippen LogP contribution in [0, 0.1) is 6.92 Å². The molecule has 3 heterocycles. The molecule has 4 aromatic rings. The van der Waals surface area contributed by atoms with Crippen LogP contribution in [0.15, 0.2) is 60.8 Å². The van der Waals surface area contributed by atoms with E-state index < -0.39 is 0 Å². The minimum Gasteiger partial charge on any atom is -0.496 e. The van der Waals surface area contributed by atoms with Gasteiger partial charge in [-0.1, -0.05) is 24.3 Å². The van der Waals surface area contributed by atoms with Gasteiger partial charge in [-0.25, -0.2) is 0 Å². The van der Waals surface area contributed by atoms with Gasteiger partial charge in [0.25, 0.3) is 5.91 Å². The zero-order valence-corrected chi connectivity index (χ0v) is 16.6. The maximum Gasteiger partial charge on any atom is 0.268 e. The first-order valence-corrected chi connectivity index (χ1v) is 9.87. The minimum absolute atomic E-state index is 0.110. The third kappa shape index (κ3) is 3.64. The number of thiophene rings is 1. The Bertz CT molecular complexity index is 1120. The van der Waals surface area contributed by atoms with Gasteiger partial charge in [0.1, 0.15) is 11.4 Å². The van der Waals surface area contributed by atoms with Crippen molar-refractivity contribution in [2.45, 2.75) is 20.0 Å². The van der Waals surface area contributed by atoms with E-state index in [0.29, 0.717) is 18.8 Å². The Morgan fingerprint density at radius 2 is 2.00 bits per heavy atom. The number of carbonyl (C=O) groups is 1. The standard InChI is InChI=1S/C22H21N3O2S/c1-15-11-18-21(28-15)12-19(22(26)24-13-17-8-5-6-10-23-17)25(18)14-16-7-3-4-9-20(16)27-2/h3-12H,13-14H2,1-2H3,(H,24,26). The number of hydrogen-bond acceptors (Lipinski definition) is 4. The van der Waals surface area contributed by atoms with Crippen LogP contribution in [0.5, 0.6) is 5.75 Å². The SMILES string of the molecule is COc1ccccc1Cn1c(C(=O)NCc2ccccn2)cc2sc(C)cc21. The fourth-order valence-corrected chi connectivity index (χ4v) is 4.25. The summed E-state index contributed by atoms with van der Waals surface area (Å²) in [7, 11) is 1.67. The molecule has 0 fully saturated rings. The van der Waals surface area contributed by atoms with E-state index in [1.165, 1.54) is 4.88 Å². The first kappa shape index (κ1) is 18.3. The molecule has 0 atom stereocenters. The number of hydrogen-bond donors (Lipinski definition) is 1.